The van der Waals surface area contributed by atoms with Gasteiger partial charge in [0, 0.05) is 18.3 Å². The van der Waals surface area contributed by atoms with Gasteiger partial charge in [-0.15, -0.1) is 0 Å². The van der Waals surface area contributed by atoms with Gasteiger partial charge in [-0.3, -0.25) is 10.00 Å². The van der Waals surface area contributed by atoms with Gasteiger partial charge >= 0.3 is 12.6 Å². The number of halogens is 2. The average molecular weight is 331 g/mol. The lowest BCUT2D eigenvalue weighted by Gasteiger charge is -2.31. The maximum atomic E-state index is 12.7. The van der Waals surface area contributed by atoms with Crippen LogP contribution in [0.2, 0.25) is 0 Å². The summed E-state index contributed by atoms with van der Waals surface area (Å²) in [6, 6.07) is 5.68. The minimum absolute atomic E-state index is 0.0936. The number of rotatable bonds is 3. The predicted molar refractivity (Wildman–Crippen MR) is 81.3 cm³/mol. The van der Waals surface area contributed by atoms with Crippen molar-refractivity contribution in [2.24, 2.45) is 0 Å². The number of benzene rings is 1. The van der Waals surface area contributed by atoms with Gasteiger partial charge in [-0.2, -0.15) is 13.9 Å². The van der Waals surface area contributed by atoms with Crippen molar-refractivity contribution in [1.29, 1.82) is 0 Å². The van der Waals surface area contributed by atoms with Crippen molar-refractivity contribution in [3.63, 3.8) is 0 Å². The van der Waals surface area contributed by atoms with Gasteiger partial charge in [0.05, 0.1) is 23.0 Å². The third-order valence-corrected chi connectivity index (χ3v) is 3.71. The average Bonchev–Trinajstić information content (AvgIpc) is 3.04. The molecule has 1 aromatic carbocycles. The van der Waals surface area contributed by atoms with E-state index in [9.17, 15) is 13.6 Å². The number of anilines is 2. The Kier molecular flexibility index (Phi) is 3.26. The molecule has 4 rings (SSSR count). The van der Waals surface area contributed by atoms with E-state index in [1.807, 2.05) is 0 Å². The molecular formula is C15H11F2N5O2. The summed E-state index contributed by atoms with van der Waals surface area (Å²) in [5, 5.41) is 9.99. The van der Waals surface area contributed by atoms with Crippen molar-refractivity contribution >= 4 is 28.4 Å². The number of hydrogen-bond donors (Lipinski definition) is 2. The Labute approximate surface area is 134 Å². The quantitative estimate of drug-likeness (QED) is 0.773. The van der Waals surface area contributed by atoms with Crippen LogP contribution in [-0.2, 0) is 6.54 Å². The SMILES string of the molecule is O=C1NCc2cnc3[nH]ncc3c2N1c1ccccc1OC(F)F. The first-order chi connectivity index (χ1) is 11.6. The van der Waals surface area contributed by atoms with Crippen LogP contribution in [0.5, 0.6) is 5.75 Å². The second-order valence-corrected chi connectivity index (χ2v) is 5.10. The lowest BCUT2D eigenvalue weighted by molar-refractivity contribution is -0.0494. The van der Waals surface area contributed by atoms with E-state index in [2.05, 4.69) is 25.2 Å². The molecule has 2 N–H and O–H groups in total. The molecule has 7 nitrogen and oxygen atoms in total. The summed E-state index contributed by atoms with van der Waals surface area (Å²) in [7, 11) is 0. The summed E-state index contributed by atoms with van der Waals surface area (Å²) >= 11 is 0. The number of carbonyl (C=O) groups is 1. The Hall–Kier alpha value is -3.23. The molecule has 0 unspecified atom stereocenters. The number of amides is 2. The number of H-pyrrole nitrogens is 1. The summed E-state index contributed by atoms with van der Waals surface area (Å²) in [5.74, 6) is -0.0936. The molecule has 2 aromatic heterocycles. The molecule has 122 valence electrons. The van der Waals surface area contributed by atoms with E-state index < -0.39 is 12.6 Å². The Morgan fingerprint density at radius 1 is 1.25 bits per heavy atom. The minimum Gasteiger partial charge on any atom is -0.433 e. The molecule has 0 spiro atoms. The summed E-state index contributed by atoms with van der Waals surface area (Å²) in [5.41, 5.74) is 2.00. The first-order valence-electron chi connectivity index (χ1n) is 7.08. The highest BCUT2D eigenvalue weighted by Gasteiger charge is 2.30. The van der Waals surface area contributed by atoms with Gasteiger partial charge in [-0.1, -0.05) is 12.1 Å². The highest BCUT2D eigenvalue weighted by Crippen LogP contribution is 2.40. The number of aromatic amines is 1. The summed E-state index contributed by atoms with van der Waals surface area (Å²) in [4.78, 5) is 18.0. The number of pyridine rings is 1. The van der Waals surface area contributed by atoms with Gasteiger partial charge in [-0.25, -0.2) is 9.78 Å². The monoisotopic (exact) mass is 331 g/mol. The largest absolute Gasteiger partial charge is 0.433 e. The highest BCUT2D eigenvalue weighted by molar-refractivity contribution is 6.09. The highest BCUT2D eigenvalue weighted by atomic mass is 19.3. The number of para-hydroxylation sites is 2. The molecule has 0 radical (unpaired) electrons. The van der Waals surface area contributed by atoms with Gasteiger partial charge < -0.3 is 10.1 Å². The van der Waals surface area contributed by atoms with Crippen molar-refractivity contribution in [3.05, 3.63) is 42.2 Å². The lowest BCUT2D eigenvalue weighted by atomic mass is 10.1. The van der Waals surface area contributed by atoms with Crippen LogP contribution in [0.1, 0.15) is 5.56 Å². The Morgan fingerprint density at radius 3 is 2.92 bits per heavy atom. The molecule has 2 amide bonds. The van der Waals surface area contributed by atoms with Gasteiger partial charge in [0.1, 0.15) is 5.75 Å². The number of nitrogens with zero attached hydrogens (tertiary/aromatic N) is 3. The predicted octanol–water partition coefficient (Wildman–Crippen LogP) is 2.92. The van der Waals surface area contributed by atoms with Gasteiger partial charge in [0.25, 0.3) is 0 Å². The van der Waals surface area contributed by atoms with Gasteiger partial charge in [0.15, 0.2) is 5.65 Å². The summed E-state index contributed by atoms with van der Waals surface area (Å²) in [6.45, 7) is -2.71. The zero-order chi connectivity index (χ0) is 16.7. The van der Waals surface area contributed by atoms with Crippen LogP contribution in [0, 0.1) is 0 Å². The van der Waals surface area contributed by atoms with E-state index in [1.54, 1.807) is 30.6 Å². The van der Waals surface area contributed by atoms with Crippen molar-refractivity contribution < 1.29 is 18.3 Å². The van der Waals surface area contributed by atoms with E-state index >= 15 is 0 Å². The maximum Gasteiger partial charge on any atom is 0.387 e. The van der Waals surface area contributed by atoms with Crippen LogP contribution >= 0.6 is 0 Å². The normalized spacial score (nSPS) is 14.0. The molecule has 24 heavy (non-hydrogen) atoms. The second kappa shape index (κ2) is 5.44. The minimum atomic E-state index is -3.00. The molecule has 9 heteroatoms. The number of hydrogen-bond acceptors (Lipinski definition) is 4. The second-order valence-electron chi connectivity index (χ2n) is 5.10. The Morgan fingerprint density at radius 2 is 2.08 bits per heavy atom. The van der Waals surface area contributed by atoms with Crippen LogP contribution in [0.3, 0.4) is 0 Å². The van der Waals surface area contributed by atoms with Crippen LogP contribution in [-0.4, -0.2) is 27.8 Å². The van der Waals surface area contributed by atoms with Crippen molar-refractivity contribution in [2.75, 3.05) is 4.90 Å². The number of carbonyl (C=O) groups excluding carboxylic acids is 1. The Bertz CT molecular complexity index is 927. The number of aromatic nitrogens is 3. The van der Waals surface area contributed by atoms with Crippen molar-refractivity contribution in [1.82, 2.24) is 20.5 Å². The molecule has 0 aliphatic carbocycles. The molecular weight excluding hydrogens is 320 g/mol. The van der Waals surface area contributed by atoms with Gasteiger partial charge in [-0.05, 0) is 12.1 Å². The number of nitrogens with one attached hydrogen (secondary N) is 2. The van der Waals surface area contributed by atoms with E-state index in [1.165, 1.54) is 11.0 Å². The van der Waals surface area contributed by atoms with E-state index in [-0.39, 0.29) is 18.0 Å². The van der Waals surface area contributed by atoms with E-state index in [0.29, 0.717) is 16.7 Å². The molecule has 0 bridgehead atoms. The van der Waals surface area contributed by atoms with Crippen LogP contribution < -0.4 is 15.0 Å². The van der Waals surface area contributed by atoms with Crippen LogP contribution in [0.15, 0.2) is 36.7 Å². The fraction of sp³-hybridized carbons (Fsp3) is 0.133. The lowest BCUT2D eigenvalue weighted by Crippen LogP contribution is -2.41. The zero-order valence-electron chi connectivity index (χ0n) is 12.2. The third-order valence-electron chi connectivity index (χ3n) is 3.71. The molecule has 3 heterocycles. The fourth-order valence-corrected chi connectivity index (χ4v) is 2.74. The molecule has 0 atom stereocenters. The number of urea groups is 1. The molecule has 3 aromatic rings. The third kappa shape index (κ3) is 2.21. The van der Waals surface area contributed by atoms with Crippen LogP contribution in [0.4, 0.5) is 25.0 Å². The topological polar surface area (TPSA) is 83.1 Å². The standard InChI is InChI=1S/C15H11F2N5O2/c16-14(17)24-11-4-2-1-3-10(11)22-12-8(6-19-15(22)23)5-18-13-9(12)7-20-21-13/h1-5,7,14H,6H2,(H,19,23)(H,18,20,21). The number of fused-ring (bicyclic) bond motifs is 3. The number of alkyl halides is 2. The van der Waals surface area contributed by atoms with Gasteiger partial charge in [0.2, 0.25) is 0 Å². The molecule has 0 fully saturated rings. The molecule has 1 aliphatic rings. The molecule has 0 saturated carbocycles. The van der Waals surface area contributed by atoms with Crippen molar-refractivity contribution in [3.8, 4) is 5.75 Å². The summed E-state index contributed by atoms with van der Waals surface area (Å²) in [6.07, 6.45) is 3.15. The molecule has 0 saturated heterocycles. The summed E-state index contributed by atoms with van der Waals surface area (Å²) < 4.78 is 30.0. The maximum absolute atomic E-state index is 12.7. The van der Waals surface area contributed by atoms with E-state index in [0.717, 1.165) is 5.56 Å². The molecule has 1 aliphatic heterocycles. The fourth-order valence-electron chi connectivity index (χ4n) is 2.74. The zero-order valence-corrected chi connectivity index (χ0v) is 12.2. The first-order valence-corrected chi connectivity index (χ1v) is 7.08. The van der Waals surface area contributed by atoms with Crippen LogP contribution in [0.25, 0.3) is 11.0 Å². The smallest absolute Gasteiger partial charge is 0.387 e. The first kappa shape index (κ1) is 14.4. The van der Waals surface area contributed by atoms with E-state index in [4.69, 9.17) is 0 Å². The number of ether oxygens (including phenoxy) is 1. The van der Waals surface area contributed by atoms with Crippen molar-refractivity contribution in [2.45, 2.75) is 13.2 Å². The Balaban J connectivity index is 1.94.